The first kappa shape index (κ1) is 14.9. The molecule has 5 atom stereocenters. The molecule has 102 valence electrons. The second-order valence-electron chi connectivity index (χ2n) is 6.12. The van der Waals surface area contributed by atoms with Gasteiger partial charge in [0, 0.05) is 17.0 Å². The lowest BCUT2D eigenvalue weighted by Crippen LogP contribution is -2.70. The summed E-state index contributed by atoms with van der Waals surface area (Å²) >= 11 is 0. The van der Waals surface area contributed by atoms with Gasteiger partial charge in [-0.25, -0.2) is 0 Å². The standard InChI is InChI=1S/C14H29NO2/c1-7-13(5)9-12(17)10(3)14(6,8-2)15(13)11(4)16/h10-12,16-17H,7-9H2,1-6H3. The number of rotatable bonds is 3. The van der Waals surface area contributed by atoms with E-state index in [-0.39, 0.29) is 23.1 Å². The van der Waals surface area contributed by atoms with Crippen LogP contribution in [-0.4, -0.2) is 38.5 Å². The Labute approximate surface area is 106 Å². The van der Waals surface area contributed by atoms with Crippen molar-refractivity contribution < 1.29 is 10.2 Å². The fourth-order valence-electron chi connectivity index (χ4n) is 3.66. The van der Waals surface area contributed by atoms with Crippen LogP contribution in [0.4, 0.5) is 0 Å². The molecule has 0 aliphatic carbocycles. The molecule has 3 nitrogen and oxygen atoms in total. The normalized spacial score (nSPS) is 45.9. The Morgan fingerprint density at radius 3 is 2.18 bits per heavy atom. The van der Waals surface area contributed by atoms with Crippen molar-refractivity contribution in [2.45, 2.75) is 84.2 Å². The maximum Gasteiger partial charge on any atom is 0.105 e. The van der Waals surface area contributed by atoms with Crippen LogP contribution in [0.1, 0.15) is 60.8 Å². The third-order valence-electron chi connectivity index (χ3n) is 5.19. The molecule has 0 aromatic heterocycles. The van der Waals surface area contributed by atoms with Gasteiger partial charge in [-0.2, -0.15) is 0 Å². The summed E-state index contributed by atoms with van der Waals surface area (Å²) in [6, 6.07) is 0. The summed E-state index contributed by atoms with van der Waals surface area (Å²) in [4.78, 5) is 2.22. The van der Waals surface area contributed by atoms with Gasteiger partial charge in [-0.1, -0.05) is 20.8 Å². The molecule has 0 amide bonds. The molecule has 1 aliphatic rings. The van der Waals surface area contributed by atoms with Gasteiger partial charge in [-0.3, -0.25) is 4.90 Å². The SMILES string of the molecule is CCC1(C)CC(O)C(C)C(C)(CC)N1C(C)O. The van der Waals surface area contributed by atoms with E-state index < -0.39 is 6.23 Å². The predicted octanol–water partition coefficient (Wildman–Crippen LogP) is 2.36. The van der Waals surface area contributed by atoms with Crippen LogP contribution < -0.4 is 0 Å². The summed E-state index contributed by atoms with van der Waals surface area (Å²) in [6.07, 6.45) is 1.87. The molecule has 0 radical (unpaired) electrons. The first-order chi connectivity index (χ1) is 7.73. The molecule has 1 fully saturated rings. The largest absolute Gasteiger partial charge is 0.393 e. The van der Waals surface area contributed by atoms with Crippen LogP contribution in [-0.2, 0) is 0 Å². The number of nitrogens with zero attached hydrogens (tertiary/aromatic N) is 1. The number of likely N-dealkylation sites (tertiary alicyclic amines) is 1. The second-order valence-corrected chi connectivity index (χ2v) is 6.12. The Hall–Kier alpha value is -0.120. The zero-order valence-electron chi connectivity index (χ0n) is 12.2. The van der Waals surface area contributed by atoms with Gasteiger partial charge in [0.25, 0.3) is 0 Å². The maximum atomic E-state index is 10.3. The molecule has 1 rings (SSSR count). The van der Waals surface area contributed by atoms with Crippen LogP contribution in [0.2, 0.25) is 0 Å². The summed E-state index contributed by atoms with van der Waals surface area (Å²) < 4.78 is 0. The van der Waals surface area contributed by atoms with Gasteiger partial charge in [-0.15, -0.1) is 0 Å². The van der Waals surface area contributed by atoms with Crippen molar-refractivity contribution in [2.75, 3.05) is 0 Å². The molecule has 1 saturated heterocycles. The zero-order chi connectivity index (χ0) is 13.4. The van der Waals surface area contributed by atoms with Crippen LogP contribution in [0, 0.1) is 5.92 Å². The summed E-state index contributed by atoms with van der Waals surface area (Å²) in [7, 11) is 0. The van der Waals surface area contributed by atoms with Gasteiger partial charge in [-0.05, 0) is 40.0 Å². The molecule has 1 aliphatic heterocycles. The molecular weight excluding hydrogens is 214 g/mol. The highest BCUT2D eigenvalue weighted by molar-refractivity contribution is 5.06. The smallest absolute Gasteiger partial charge is 0.105 e. The highest BCUT2D eigenvalue weighted by Crippen LogP contribution is 2.46. The van der Waals surface area contributed by atoms with Crippen molar-refractivity contribution in [1.29, 1.82) is 0 Å². The Bertz CT molecular complexity index is 269. The van der Waals surface area contributed by atoms with Gasteiger partial charge in [0.1, 0.15) is 6.23 Å². The molecule has 1 heterocycles. The quantitative estimate of drug-likeness (QED) is 0.800. The molecule has 2 N–H and O–H groups in total. The van der Waals surface area contributed by atoms with E-state index in [4.69, 9.17) is 0 Å². The Morgan fingerprint density at radius 1 is 1.29 bits per heavy atom. The average Bonchev–Trinajstić information content (AvgIpc) is 2.25. The number of aliphatic hydroxyl groups is 2. The van der Waals surface area contributed by atoms with Crippen molar-refractivity contribution in [3.63, 3.8) is 0 Å². The minimum atomic E-state index is -0.472. The van der Waals surface area contributed by atoms with Crippen molar-refractivity contribution in [2.24, 2.45) is 5.92 Å². The molecule has 0 aromatic rings. The molecule has 0 saturated carbocycles. The fraction of sp³-hybridized carbons (Fsp3) is 1.00. The van der Waals surface area contributed by atoms with Crippen molar-refractivity contribution in [1.82, 2.24) is 4.90 Å². The van der Waals surface area contributed by atoms with Gasteiger partial charge in [0.15, 0.2) is 0 Å². The highest BCUT2D eigenvalue weighted by Gasteiger charge is 2.53. The van der Waals surface area contributed by atoms with Gasteiger partial charge < -0.3 is 10.2 Å². The van der Waals surface area contributed by atoms with Crippen molar-refractivity contribution in [3.8, 4) is 0 Å². The summed E-state index contributed by atoms with van der Waals surface area (Å²) in [6.45, 7) is 12.5. The van der Waals surface area contributed by atoms with Crippen LogP contribution in [0.25, 0.3) is 0 Å². The van der Waals surface area contributed by atoms with Crippen LogP contribution in [0.3, 0.4) is 0 Å². The van der Waals surface area contributed by atoms with Crippen LogP contribution in [0.15, 0.2) is 0 Å². The topological polar surface area (TPSA) is 43.7 Å². The van der Waals surface area contributed by atoms with E-state index in [0.717, 1.165) is 19.3 Å². The molecule has 17 heavy (non-hydrogen) atoms. The first-order valence-corrected chi connectivity index (χ1v) is 6.88. The second kappa shape index (κ2) is 4.87. The van der Waals surface area contributed by atoms with E-state index in [0.29, 0.717) is 0 Å². The average molecular weight is 243 g/mol. The lowest BCUT2D eigenvalue weighted by molar-refractivity contribution is -0.195. The number of hydrogen-bond acceptors (Lipinski definition) is 3. The molecular formula is C14H29NO2. The van der Waals surface area contributed by atoms with E-state index in [1.54, 1.807) is 0 Å². The number of piperidine rings is 1. The summed E-state index contributed by atoms with van der Waals surface area (Å²) in [5, 5.41) is 20.5. The van der Waals surface area contributed by atoms with Gasteiger partial charge >= 0.3 is 0 Å². The van der Waals surface area contributed by atoms with E-state index in [1.165, 1.54) is 0 Å². The van der Waals surface area contributed by atoms with Crippen molar-refractivity contribution >= 4 is 0 Å². The van der Waals surface area contributed by atoms with Crippen LogP contribution >= 0.6 is 0 Å². The molecule has 0 aromatic carbocycles. The summed E-state index contributed by atoms with van der Waals surface area (Å²) in [5.74, 6) is 0.182. The predicted molar refractivity (Wildman–Crippen MR) is 70.7 cm³/mol. The van der Waals surface area contributed by atoms with E-state index in [2.05, 4.69) is 39.5 Å². The Kier molecular flexibility index (Phi) is 4.28. The lowest BCUT2D eigenvalue weighted by atomic mass is 9.68. The molecule has 0 bridgehead atoms. The minimum Gasteiger partial charge on any atom is -0.393 e. The number of hydrogen-bond donors (Lipinski definition) is 2. The minimum absolute atomic E-state index is 0.120. The third-order valence-corrected chi connectivity index (χ3v) is 5.19. The summed E-state index contributed by atoms with van der Waals surface area (Å²) in [5.41, 5.74) is -0.262. The lowest BCUT2D eigenvalue weighted by Gasteiger charge is -2.60. The van der Waals surface area contributed by atoms with E-state index >= 15 is 0 Å². The van der Waals surface area contributed by atoms with Gasteiger partial charge in [0.05, 0.1) is 6.10 Å². The highest BCUT2D eigenvalue weighted by atomic mass is 16.3. The van der Waals surface area contributed by atoms with Crippen molar-refractivity contribution in [3.05, 3.63) is 0 Å². The monoisotopic (exact) mass is 243 g/mol. The number of aliphatic hydroxyl groups excluding tert-OH is 2. The zero-order valence-corrected chi connectivity index (χ0v) is 12.2. The molecule has 3 heteroatoms. The Balaban J connectivity index is 3.22. The molecule has 5 unspecified atom stereocenters. The molecule has 0 spiro atoms. The van der Waals surface area contributed by atoms with Gasteiger partial charge in [0.2, 0.25) is 0 Å². The maximum absolute atomic E-state index is 10.3. The van der Waals surface area contributed by atoms with E-state index in [1.807, 2.05) is 6.92 Å². The third kappa shape index (κ3) is 2.25. The van der Waals surface area contributed by atoms with E-state index in [9.17, 15) is 10.2 Å². The van der Waals surface area contributed by atoms with Crippen LogP contribution in [0.5, 0.6) is 0 Å². The first-order valence-electron chi connectivity index (χ1n) is 6.88. The Morgan fingerprint density at radius 2 is 1.82 bits per heavy atom. The fourth-order valence-corrected chi connectivity index (χ4v) is 3.66.